The third-order valence-corrected chi connectivity index (χ3v) is 5.94. The molecule has 0 unspecified atom stereocenters. The van der Waals surface area contributed by atoms with E-state index in [4.69, 9.17) is 10.5 Å². The highest BCUT2D eigenvalue weighted by Gasteiger charge is 2.36. The number of carbonyl (C=O) groups is 1. The molecule has 32 heavy (non-hydrogen) atoms. The Morgan fingerprint density at radius 1 is 1.28 bits per heavy atom. The Morgan fingerprint density at radius 2 is 2.00 bits per heavy atom. The molecule has 0 radical (unpaired) electrons. The van der Waals surface area contributed by atoms with Crippen molar-refractivity contribution in [3.8, 4) is 6.07 Å². The molecule has 9 heteroatoms. The molecule has 1 aliphatic heterocycles. The molecule has 3 aromatic rings. The van der Waals surface area contributed by atoms with Gasteiger partial charge in [0.1, 0.15) is 10.5 Å². The van der Waals surface area contributed by atoms with Crippen LogP contribution in [0.15, 0.2) is 59.4 Å². The van der Waals surface area contributed by atoms with Crippen LogP contribution in [0.4, 0.5) is 0 Å². The number of nitriles is 1. The van der Waals surface area contributed by atoms with Crippen LogP contribution in [-0.2, 0) is 9.53 Å². The monoisotopic (exact) mass is 445 g/mol. The molecule has 1 atom stereocenters. The number of aromatic nitrogens is 3. The van der Waals surface area contributed by atoms with Crippen LogP contribution in [-0.4, -0.2) is 26.6 Å². The Labute approximate surface area is 187 Å². The Balaban J connectivity index is 2.10. The number of pyridine rings is 2. The van der Waals surface area contributed by atoms with Crippen molar-refractivity contribution in [1.82, 2.24) is 14.5 Å². The second-order valence-corrected chi connectivity index (χ2v) is 8.37. The topological polar surface area (TPSA) is 124 Å². The molecule has 0 aliphatic carbocycles. The van der Waals surface area contributed by atoms with Crippen LogP contribution in [0.2, 0.25) is 0 Å². The first kappa shape index (κ1) is 21.2. The molecule has 0 aromatic carbocycles. The van der Waals surface area contributed by atoms with Crippen LogP contribution in [0.25, 0.3) is 17.5 Å². The van der Waals surface area contributed by atoms with Crippen LogP contribution in [0, 0.1) is 11.3 Å². The maximum atomic E-state index is 13.2. The van der Waals surface area contributed by atoms with E-state index in [0.29, 0.717) is 14.8 Å². The molecule has 4 heterocycles. The van der Waals surface area contributed by atoms with Crippen LogP contribution >= 0.6 is 11.3 Å². The summed E-state index contributed by atoms with van der Waals surface area (Å²) in [5.74, 6) is -1.43. The van der Waals surface area contributed by atoms with Gasteiger partial charge in [-0.15, -0.1) is 11.3 Å². The van der Waals surface area contributed by atoms with E-state index in [1.54, 1.807) is 62.9 Å². The molecule has 0 spiro atoms. The van der Waals surface area contributed by atoms with Gasteiger partial charge in [-0.3, -0.25) is 19.3 Å². The van der Waals surface area contributed by atoms with Gasteiger partial charge in [0.25, 0.3) is 5.56 Å². The third-order valence-electron chi connectivity index (χ3n) is 4.83. The van der Waals surface area contributed by atoms with Gasteiger partial charge in [0.15, 0.2) is 0 Å². The zero-order chi connectivity index (χ0) is 22.8. The summed E-state index contributed by atoms with van der Waals surface area (Å²) >= 11 is 1.12. The fraction of sp³-hybridized carbons (Fsp3) is 0.174. The molecule has 3 aromatic heterocycles. The zero-order valence-electron chi connectivity index (χ0n) is 17.4. The van der Waals surface area contributed by atoms with E-state index in [1.807, 2.05) is 6.07 Å². The van der Waals surface area contributed by atoms with E-state index in [2.05, 4.69) is 16.0 Å². The predicted octanol–water partition coefficient (Wildman–Crippen LogP) is 1.08. The number of allylic oxidation sites excluding steroid dienone is 1. The first-order chi connectivity index (χ1) is 15.4. The average Bonchev–Trinajstić information content (AvgIpc) is 3.10. The molecule has 160 valence electrons. The summed E-state index contributed by atoms with van der Waals surface area (Å²) in [7, 11) is 0. The third kappa shape index (κ3) is 3.72. The first-order valence-electron chi connectivity index (χ1n) is 9.81. The summed E-state index contributed by atoms with van der Waals surface area (Å²) in [6.07, 6.45) is 7.71. The molecule has 2 N–H and O–H groups in total. The van der Waals surface area contributed by atoms with Crippen LogP contribution in [0.3, 0.4) is 0 Å². The normalized spacial score (nSPS) is 16.1. The highest BCUT2D eigenvalue weighted by Crippen LogP contribution is 2.36. The molecular formula is C23H19N5O3S. The minimum atomic E-state index is -0.802. The predicted molar refractivity (Wildman–Crippen MR) is 120 cm³/mol. The molecular weight excluding hydrogens is 426 g/mol. The Bertz CT molecular complexity index is 1430. The number of ether oxygens (including phenoxy) is 1. The van der Waals surface area contributed by atoms with Crippen molar-refractivity contribution in [2.75, 3.05) is 0 Å². The van der Waals surface area contributed by atoms with E-state index in [-0.39, 0.29) is 23.1 Å². The van der Waals surface area contributed by atoms with Crippen molar-refractivity contribution in [1.29, 1.82) is 5.26 Å². The van der Waals surface area contributed by atoms with Crippen LogP contribution in [0.5, 0.6) is 0 Å². The molecule has 0 bridgehead atoms. The Hall–Kier alpha value is -4.03. The molecule has 8 nitrogen and oxygen atoms in total. The van der Waals surface area contributed by atoms with E-state index in [0.717, 1.165) is 16.9 Å². The van der Waals surface area contributed by atoms with E-state index < -0.39 is 17.4 Å². The van der Waals surface area contributed by atoms with Gasteiger partial charge in [-0.05, 0) is 43.2 Å². The number of carbonyl (C=O) groups excluding carboxylic acids is 1. The van der Waals surface area contributed by atoms with E-state index >= 15 is 0 Å². The maximum absolute atomic E-state index is 13.2. The number of rotatable bonds is 4. The molecule has 1 aliphatic rings. The molecule has 0 fully saturated rings. The van der Waals surface area contributed by atoms with Crippen molar-refractivity contribution in [2.24, 2.45) is 5.73 Å². The van der Waals surface area contributed by atoms with Gasteiger partial charge in [-0.2, -0.15) is 5.26 Å². The van der Waals surface area contributed by atoms with Gasteiger partial charge < -0.3 is 10.5 Å². The largest absolute Gasteiger partial charge is 0.460 e. The smallest absolute Gasteiger partial charge is 0.338 e. The average molecular weight is 446 g/mol. The number of nitrogens with zero attached hydrogens (tertiary/aromatic N) is 4. The quantitative estimate of drug-likeness (QED) is 0.596. The van der Waals surface area contributed by atoms with Crippen LogP contribution in [0.1, 0.15) is 30.9 Å². The van der Waals surface area contributed by atoms with E-state index in [9.17, 15) is 14.9 Å². The second-order valence-electron chi connectivity index (χ2n) is 7.34. The lowest BCUT2D eigenvalue weighted by atomic mass is 9.84. The lowest BCUT2D eigenvalue weighted by molar-refractivity contribution is -0.140. The molecule has 0 amide bonds. The Morgan fingerprint density at radius 3 is 2.59 bits per heavy atom. The van der Waals surface area contributed by atoms with Crippen LogP contribution < -0.4 is 20.5 Å². The van der Waals surface area contributed by atoms with Gasteiger partial charge in [0.05, 0.1) is 33.8 Å². The zero-order valence-corrected chi connectivity index (χ0v) is 18.2. The van der Waals surface area contributed by atoms with Crippen molar-refractivity contribution in [2.45, 2.75) is 25.9 Å². The standard InChI is InChI=1S/C23H19N5O3S/c1-13(2)31-23(30)19-18(15-6-4-8-27-12-15)16(10-24)20(25)28-21(29)17(32-22(19)28)9-14-5-3-7-26-11-14/h3-9,11-13,18H,25H2,1-2H3/b17-9-/t18-/m0/s1. The van der Waals surface area contributed by atoms with Gasteiger partial charge in [0, 0.05) is 24.8 Å². The SMILES string of the molecule is CC(C)OC(=O)C1=c2s/c(=C\c3cccnc3)c(=O)n2C(N)=C(C#N)[C@@H]1c1cccnc1. The van der Waals surface area contributed by atoms with Gasteiger partial charge in [0.2, 0.25) is 0 Å². The second kappa shape index (κ2) is 8.61. The number of esters is 1. The van der Waals surface area contributed by atoms with Crippen molar-refractivity contribution >= 4 is 34.8 Å². The summed E-state index contributed by atoms with van der Waals surface area (Å²) in [6.45, 7) is 3.47. The summed E-state index contributed by atoms with van der Waals surface area (Å²) in [5, 5.41) is 9.93. The Kier molecular flexibility index (Phi) is 5.71. The van der Waals surface area contributed by atoms with Crippen molar-refractivity contribution in [3.05, 3.63) is 85.3 Å². The maximum Gasteiger partial charge on any atom is 0.338 e. The van der Waals surface area contributed by atoms with Gasteiger partial charge in [-0.1, -0.05) is 12.1 Å². The van der Waals surface area contributed by atoms with E-state index in [1.165, 1.54) is 4.57 Å². The lowest BCUT2D eigenvalue weighted by Crippen LogP contribution is -2.40. The van der Waals surface area contributed by atoms with Gasteiger partial charge in [-0.25, -0.2) is 4.79 Å². The highest BCUT2D eigenvalue weighted by atomic mass is 32.1. The molecule has 4 rings (SSSR count). The van der Waals surface area contributed by atoms with Gasteiger partial charge >= 0.3 is 5.97 Å². The fourth-order valence-electron chi connectivity index (χ4n) is 3.51. The fourth-order valence-corrected chi connectivity index (χ4v) is 4.68. The number of hydrogen-bond acceptors (Lipinski definition) is 8. The number of nitrogens with two attached hydrogens (primary N) is 1. The number of hydrogen-bond donors (Lipinski definition) is 1. The first-order valence-corrected chi connectivity index (χ1v) is 10.6. The summed E-state index contributed by atoms with van der Waals surface area (Å²) in [5.41, 5.74) is 7.50. The van der Waals surface area contributed by atoms with Crippen molar-refractivity contribution < 1.29 is 9.53 Å². The molecule has 0 saturated heterocycles. The lowest BCUT2D eigenvalue weighted by Gasteiger charge is -2.25. The minimum Gasteiger partial charge on any atom is -0.460 e. The highest BCUT2D eigenvalue weighted by molar-refractivity contribution is 7.07. The summed E-state index contributed by atoms with van der Waals surface area (Å²) in [4.78, 5) is 34.7. The summed E-state index contributed by atoms with van der Waals surface area (Å²) in [6, 6.07) is 9.13. The minimum absolute atomic E-state index is 0.00969. The number of fused-ring (bicyclic) bond motifs is 1. The summed E-state index contributed by atoms with van der Waals surface area (Å²) < 4.78 is 7.40. The van der Waals surface area contributed by atoms with Crippen molar-refractivity contribution in [3.63, 3.8) is 0 Å². The molecule has 0 saturated carbocycles. The number of thiazole rings is 1.